The molecule has 2 aromatic carbocycles. The molecule has 2 aliphatic rings. The normalized spacial score (nSPS) is 22.8. The third-order valence-corrected chi connectivity index (χ3v) is 9.12. The summed E-state index contributed by atoms with van der Waals surface area (Å²) in [5.41, 5.74) is 1.53. The molecule has 41 heavy (non-hydrogen) atoms. The predicted molar refractivity (Wildman–Crippen MR) is 159 cm³/mol. The van der Waals surface area contributed by atoms with Crippen LogP contribution in [0.1, 0.15) is 59.1 Å². The highest BCUT2D eigenvalue weighted by molar-refractivity contribution is 7.88. The van der Waals surface area contributed by atoms with Gasteiger partial charge in [-0.1, -0.05) is 71.9 Å². The lowest BCUT2D eigenvalue weighted by Gasteiger charge is -2.49. The number of amides is 2. The van der Waals surface area contributed by atoms with Crippen molar-refractivity contribution in [3.8, 4) is 0 Å². The summed E-state index contributed by atoms with van der Waals surface area (Å²) in [6, 6.07) is 10.2. The average molecular weight is 639 g/mol. The van der Waals surface area contributed by atoms with Crippen LogP contribution in [-0.4, -0.2) is 59.8 Å². The van der Waals surface area contributed by atoms with Crippen molar-refractivity contribution in [3.63, 3.8) is 0 Å². The minimum atomic E-state index is -3.56. The van der Waals surface area contributed by atoms with Crippen LogP contribution >= 0.6 is 34.8 Å². The summed E-state index contributed by atoms with van der Waals surface area (Å²) in [6.07, 6.45) is 7.05. The van der Waals surface area contributed by atoms with E-state index in [2.05, 4.69) is 15.1 Å². The number of benzene rings is 2. The van der Waals surface area contributed by atoms with Crippen LogP contribution in [0.5, 0.6) is 0 Å². The highest BCUT2D eigenvalue weighted by Crippen LogP contribution is 2.47. The molecule has 218 valence electrons. The number of hydrogen-bond acceptors (Lipinski definition) is 5. The van der Waals surface area contributed by atoms with E-state index in [4.69, 9.17) is 34.8 Å². The van der Waals surface area contributed by atoms with E-state index in [1.807, 2.05) is 0 Å². The maximum atomic E-state index is 14.3. The largest absolute Gasteiger partial charge is 0.354 e. The zero-order valence-corrected chi connectivity index (χ0v) is 25.3. The van der Waals surface area contributed by atoms with Crippen molar-refractivity contribution in [2.75, 3.05) is 12.8 Å². The van der Waals surface area contributed by atoms with Gasteiger partial charge in [-0.25, -0.2) is 13.1 Å². The molecular formula is C28H30Cl3N5O4S. The fraction of sp³-hybridized carbons (Fsp3) is 0.393. The number of fused-ring (bicyclic) bond motifs is 1. The first-order valence-corrected chi connectivity index (χ1v) is 16.4. The van der Waals surface area contributed by atoms with Crippen LogP contribution in [0.2, 0.25) is 15.1 Å². The van der Waals surface area contributed by atoms with Gasteiger partial charge in [-0.3, -0.25) is 14.3 Å². The quantitative estimate of drug-likeness (QED) is 0.368. The van der Waals surface area contributed by atoms with E-state index in [-0.39, 0.29) is 18.4 Å². The first kappa shape index (κ1) is 29.8. The van der Waals surface area contributed by atoms with Crippen LogP contribution in [0, 0.1) is 0 Å². The molecule has 0 saturated heterocycles. The van der Waals surface area contributed by atoms with Gasteiger partial charge in [0, 0.05) is 40.4 Å². The standard InChI is InChI=1S/C28H30Cl3N5O4S/c1-41(39,40)34-23-8-4-5-9-24(23)36-26(21-11-10-17(29)14-22(21)31)25(19-6-2-3-7-20(19)28(36)38)27(37)32-12-13-35-16-18(30)15-33-35/h2-3,6-7,10-11,14-16,23-26,34H,4-5,8-9,12-13H2,1H3,(H,32,37)/t23-,24-,25+,26-/m0/s1. The third-order valence-electron chi connectivity index (χ3n) is 7.63. The first-order valence-electron chi connectivity index (χ1n) is 13.3. The van der Waals surface area contributed by atoms with Crippen LogP contribution < -0.4 is 10.0 Å². The Labute approximate surface area is 254 Å². The second-order valence-corrected chi connectivity index (χ2v) is 13.5. The number of sulfonamides is 1. The highest BCUT2D eigenvalue weighted by atomic mass is 35.5. The molecule has 2 amide bonds. The van der Waals surface area contributed by atoms with Crippen LogP contribution in [0.4, 0.5) is 0 Å². The Kier molecular flexibility index (Phi) is 8.96. The molecular weight excluding hydrogens is 609 g/mol. The lowest BCUT2D eigenvalue weighted by molar-refractivity contribution is -0.124. The van der Waals surface area contributed by atoms with Gasteiger partial charge in [0.15, 0.2) is 0 Å². The van der Waals surface area contributed by atoms with Crippen molar-refractivity contribution in [3.05, 3.63) is 86.6 Å². The van der Waals surface area contributed by atoms with Crippen molar-refractivity contribution in [2.45, 2.75) is 56.3 Å². The maximum absolute atomic E-state index is 14.3. The molecule has 1 aliphatic heterocycles. The van der Waals surface area contributed by atoms with E-state index in [9.17, 15) is 18.0 Å². The topological polar surface area (TPSA) is 113 Å². The minimum Gasteiger partial charge on any atom is -0.354 e. The molecule has 3 aromatic rings. The summed E-state index contributed by atoms with van der Waals surface area (Å²) < 4.78 is 29.0. The average Bonchev–Trinajstić information content (AvgIpc) is 3.33. The summed E-state index contributed by atoms with van der Waals surface area (Å²) in [6.45, 7) is 0.664. The Balaban J connectivity index is 1.60. The Bertz CT molecular complexity index is 1560. The number of carbonyl (C=O) groups excluding carboxylic acids is 2. The summed E-state index contributed by atoms with van der Waals surface area (Å²) in [7, 11) is -3.56. The Morgan fingerprint density at radius 1 is 1.05 bits per heavy atom. The molecule has 0 bridgehead atoms. The molecule has 9 nitrogen and oxygen atoms in total. The van der Waals surface area contributed by atoms with E-state index in [1.54, 1.807) is 58.2 Å². The van der Waals surface area contributed by atoms with E-state index in [1.165, 1.54) is 6.20 Å². The number of nitrogens with zero attached hydrogens (tertiary/aromatic N) is 3. The molecule has 5 rings (SSSR count). The molecule has 1 aliphatic carbocycles. The number of nitrogens with one attached hydrogen (secondary N) is 2. The molecule has 0 unspecified atom stereocenters. The van der Waals surface area contributed by atoms with Gasteiger partial charge in [0.2, 0.25) is 15.9 Å². The van der Waals surface area contributed by atoms with Gasteiger partial charge in [-0.2, -0.15) is 5.10 Å². The molecule has 1 fully saturated rings. The molecule has 2 N–H and O–H groups in total. The second-order valence-electron chi connectivity index (χ2n) is 10.4. The van der Waals surface area contributed by atoms with Gasteiger partial charge in [0.05, 0.1) is 36.0 Å². The lowest BCUT2D eigenvalue weighted by Crippen LogP contribution is -2.59. The van der Waals surface area contributed by atoms with Crippen LogP contribution in [-0.2, 0) is 21.4 Å². The predicted octanol–water partition coefficient (Wildman–Crippen LogP) is 4.80. The lowest BCUT2D eigenvalue weighted by atomic mass is 9.76. The van der Waals surface area contributed by atoms with Crippen molar-refractivity contribution < 1.29 is 18.0 Å². The van der Waals surface area contributed by atoms with Gasteiger partial charge < -0.3 is 10.2 Å². The van der Waals surface area contributed by atoms with Crippen LogP contribution in [0.15, 0.2) is 54.9 Å². The molecule has 1 aromatic heterocycles. The summed E-state index contributed by atoms with van der Waals surface area (Å²) in [5.74, 6) is -1.41. The van der Waals surface area contributed by atoms with Gasteiger partial charge in [-0.15, -0.1) is 0 Å². The SMILES string of the molecule is CS(=O)(=O)N[C@H]1CCCC[C@@H]1N1C(=O)c2ccccc2[C@@H](C(=O)NCCn2cc(Cl)cn2)[C@@H]1c1ccc(Cl)cc1Cl. The van der Waals surface area contributed by atoms with E-state index in [0.29, 0.717) is 51.1 Å². The van der Waals surface area contributed by atoms with Crippen LogP contribution in [0.25, 0.3) is 0 Å². The van der Waals surface area contributed by atoms with Gasteiger partial charge in [-0.05, 0) is 42.2 Å². The fourth-order valence-electron chi connectivity index (χ4n) is 5.99. The Morgan fingerprint density at radius 3 is 2.51 bits per heavy atom. The first-order chi connectivity index (χ1) is 19.5. The fourth-order valence-corrected chi connectivity index (χ4v) is 7.49. The smallest absolute Gasteiger partial charge is 0.255 e. The van der Waals surface area contributed by atoms with E-state index < -0.39 is 34.1 Å². The van der Waals surface area contributed by atoms with Gasteiger partial charge in [0.1, 0.15) is 0 Å². The van der Waals surface area contributed by atoms with Crippen molar-refractivity contribution in [1.82, 2.24) is 24.7 Å². The molecule has 4 atom stereocenters. The summed E-state index contributed by atoms with van der Waals surface area (Å²) in [5, 5.41) is 8.39. The molecule has 1 saturated carbocycles. The number of hydrogen-bond donors (Lipinski definition) is 2. The number of carbonyl (C=O) groups is 2. The molecule has 13 heteroatoms. The third kappa shape index (κ3) is 6.57. The Hall–Kier alpha value is -2.63. The van der Waals surface area contributed by atoms with E-state index >= 15 is 0 Å². The van der Waals surface area contributed by atoms with Gasteiger partial charge >= 0.3 is 0 Å². The summed E-state index contributed by atoms with van der Waals surface area (Å²) >= 11 is 19.0. The monoisotopic (exact) mass is 637 g/mol. The number of aromatic nitrogens is 2. The zero-order chi connectivity index (χ0) is 29.3. The number of halogens is 3. The molecule has 0 spiro atoms. The summed E-state index contributed by atoms with van der Waals surface area (Å²) in [4.78, 5) is 30.0. The van der Waals surface area contributed by atoms with Crippen LogP contribution in [0.3, 0.4) is 0 Å². The maximum Gasteiger partial charge on any atom is 0.255 e. The van der Waals surface area contributed by atoms with Crippen molar-refractivity contribution >= 4 is 56.6 Å². The molecule has 2 heterocycles. The van der Waals surface area contributed by atoms with Crippen molar-refractivity contribution in [2.24, 2.45) is 0 Å². The number of rotatable bonds is 8. The molecule has 0 radical (unpaired) electrons. The zero-order valence-electron chi connectivity index (χ0n) is 22.3. The van der Waals surface area contributed by atoms with E-state index in [0.717, 1.165) is 19.1 Å². The van der Waals surface area contributed by atoms with Gasteiger partial charge in [0.25, 0.3) is 5.91 Å². The highest BCUT2D eigenvalue weighted by Gasteiger charge is 2.49. The minimum absolute atomic E-state index is 0.270. The van der Waals surface area contributed by atoms with Crippen molar-refractivity contribution in [1.29, 1.82) is 0 Å². The Morgan fingerprint density at radius 2 is 1.80 bits per heavy atom. The second kappa shape index (κ2) is 12.3.